The Kier molecular flexibility index (Phi) is 16.1. The number of carbonyl (C=O) groups is 3. The third kappa shape index (κ3) is 15.0. The van der Waals surface area contributed by atoms with Crippen molar-refractivity contribution in [1.29, 1.82) is 0 Å². The van der Waals surface area contributed by atoms with E-state index in [1.165, 1.54) is 13.5 Å². The first-order valence-electron chi connectivity index (χ1n) is 15.3. The van der Waals surface area contributed by atoms with E-state index in [0.717, 1.165) is 35.3 Å². The second-order valence-corrected chi connectivity index (χ2v) is 13.7. The number of carbonyl (C=O) groups excluding carboxylic acids is 3. The van der Waals surface area contributed by atoms with E-state index < -0.39 is 5.66 Å². The van der Waals surface area contributed by atoms with Gasteiger partial charge in [-0.05, 0) is 69.2 Å². The van der Waals surface area contributed by atoms with Gasteiger partial charge in [0.25, 0.3) is 0 Å². The molecule has 0 radical (unpaired) electrons. The highest BCUT2D eigenvalue weighted by molar-refractivity contribution is 6.38. The number of likely N-dealkylation sites (N-methyl/N-ethyl adjacent to an activating group) is 1. The predicted molar refractivity (Wildman–Crippen MR) is 179 cm³/mol. The first kappa shape index (κ1) is 38.3. The van der Waals surface area contributed by atoms with Crippen molar-refractivity contribution in [3.63, 3.8) is 0 Å². The van der Waals surface area contributed by atoms with Crippen molar-refractivity contribution in [2.75, 3.05) is 27.2 Å². The number of aliphatic imine (C=N–C) groups is 1. The van der Waals surface area contributed by atoms with E-state index in [2.05, 4.69) is 62.6 Å². The summed E-state index contributed by atoms with van der Waals surface area (Å²) in [6.07, 6.45) is 16.0. The Bertz CT molecular complexity index is 1150. The Morgan fingerprint density at radius 2 is 1.84 bits per heavy atom. The highest BCUT2D eigenvalue weighted by atomic mass is 35.5. The lowest BCUT2D eigenvalue weighted by molar-refractivity contribution is -0.140. The van der Waals surface area contributed by atoms with Gasteiger partial charge in [-0.1, -0.05) is 83.0 Å². The highest BCUT2D eigenvalue weighted by Crippen LogP contribution is 2.25. The van der Waals surface area contributed by atoms with Crippen molar-refractivity contribution < 1.29 is 19.1 Å². The molecule has 0 saturated carbocycles. The van der Waals surface area contributed by atoms with Crippen molar-refractivity contribution >= 4 is 35.5 Å². The predicted octanol–water partition coefficient (Wildman–Crippen LogP) is 7.34. The number of hydrogen-bond donors (Lipinski definition) is 1. The Hall–Kier alpha value is -2.77. The summed E-state index contributed by atoms with van der Waals surface area (Å²) in [5.74, 6) is 0.108. The average Bonchev–Trinajstić information content (AvgIpc) is 3.11. The summed E-state index contributed by atoms with van der Waals surface area (Å²) in [7, 11) is 3.28. The van der Waals surface area contributed by atoms with E-state index in [1.54, 1.807) is 0 Å². The Balaban J connectivity index is 0.00000101. The van der Waals surface area contributed by atoms with Crippen LogP contribution in [0.1, 0.15) is 87.5 Å². The van der Waals surface area contributed by atoms with Gasteiger partial charge in [0.05, 0.1) is 19.4 Å². The molecule has 0 aromatic heterocycles. The highest BCUT2D eigenvalue weighted by Gasteiger charge is 2.26. The molecule has 0 saturated heterocycles. The number of aldehydes is 1. The van der Waals surface area contributed by atoms with E-state index in [-0.39, 0.29) is 30.8 Å². The minimum atomic E-state index is -0.656. The Morgan fingerprint density at radius 1 is 1.16 bits per heavy atom. The molecule has 2 aliphatic carbocycles. The van der Waals surface area contributed by atoms with Gasteiger partial charge in [0.1, 0.15) is 11.4 Å². The molecule has 7 nitrogen and oxygen atoms in total. The van der Waals surface area contributed by atoms with Gasteiger partial charge in [-0.3, -0.25) is 24.3 Å². The van der Waals surface area contributed by atoms with E-state index in [1.807, 2.05) is 51.3 Å². The van der Waals surface area contributed by atoms with E-state index in [0.29, 0.717) is 35.5 Å². The molecule has 0 aromatic carbocycles. The van der Waals surface area contributed by atoms with Crippen LogP contribution in [0, 0.1) is 17.3 Å². The van der Waals surface area contributed by atoms with Crippen LogP contribution in [0.4, 0.5) is 0 Å². The minimum Gasteiger partial charge on any atom is -0.469 e. The zero-order valence-corrected chi connectivity index (χ0v) is 28.8. The van der Waals surface area contributed by atoms with Gasteiger partial charge in [-0.25, -0.2) is 0 Å². The van der Waals surface area contributed by atoms with Crippen molar-refractivity contribution in [3.8, 4) is 0 Å². The van der Waals surface area contributed by atoms with Crippen LogP contribution in [-0.2, 0) is 19.1 Å². The summed E-state index contributed by atoms with van der Waals surface area (Å²) in [5, 5.41) is 3.43. The van der Waals surface area contributed by atoms with Gasteiger partial charge in [0.2, 0.25) is 5.91 Å². The normalized spacial score (nSPS) is 17.6. The molecule has 1 atom stereocenters. The van der Waals surface area contributed by atoms with Crippen LogP contribution in [0.3, 0.4) is 0 Å². The zero-order chi connectivity index (χ0) is 32.8. The molecular formula is C35H54ClN3O4. The smallest absolute Gasteiger partial charge is 0.307 e. The number of allylic oxidation sites excluding steroid dienone is 7. The summed E-state index contributed by atoms with van der Waals surface area (Å²) >= 11 is 6.31. The lowest BCUT2D eigenvalue weighted by Gasteiger charge is -2.33. The minimum absolute atomic E-state index is 0.113. The first-order valence-corrected chi connectivity index (χ1v) is 15.6. The van der Waals surface area contributed by atoms with Crippen LogP contribution >= 0.6 is 11.6 Å². The number of rotatable bonds is 12. The fourth-order valence-electron chi connectivity index (χ4n) is 4.88. The van der Waals surface area contributed by atoms with Gasteiger partial charge in [-0.2, -0.15) is 0 Å². The van der Waals surface area contributed by atoms with Crippen LogP contribution in [-0.4, -0.2) is 61.7 Å². The molecular weight excluding hydrogens is 562 g/mol. The molecule has 1 N–H and O–H groups in total. The second kappa shape index (κ2) is 18.1. The topological polar surface area (TPSA) is 88.1 Å². The van der Waals surface area contributed by atoms with Crippen LogP contribution in [0.15, 0.2) is 63.2 Å². The molecule has 2 rings (SSSR count). The van der Waals surface area contributed by atoms with E-state index in [9.17, 15) is 14.4 Å². The molecule has 0 aliphatic heterocycles. The van der Waals surface area contributed by atoms with Gasteiger partial charge < -0.3 is 10.1 Å². The number of halogens is 1. The number of esters is 1. The first-order chi connectivity index (χ1) is 20.0. The lowest BCUT2D eigenvalue weighted by atomic mass is 9.86. The number of ether oxygens (including phenoxy) is 1. The van der Waals surface area contributed by atoms with Crippen LogP contribution < -0.4 is 5.32 Å². The maximum atomic E-state index is 12.3. The molecule has 240 valence electrons. The summed E-state index contributed by atoms with van der Waals surface area (Å²) < 4.78 is 4.58. The van der Waals surface area contributed by atoms with Crippen molar-refractivity contribution in [3.05, 3.63) is 58.2 Å². The van der Waals surface area contributed by atoms with Gasteiger partial charge in [-0.15, -0.1) is 0 Å². The Morgan fingerprint density at radius 3 is 2.33 bits per heavy atom. The van der Waals surface area contributed by atoms with Crippen LogP contribution in [0.5, 0.6) is 0 Å². The summed E-state index contributed by atoms with van der Waals surface area (Å²) in [5.41, 5.74) is 3.13. The van der Waals surface area contributed by atoms with E-state index in [4.69, 9.17) is 16.6 Å². The monoisotopic (exact) mass is 615 g/mol. The summed E-state index contributed by atoms with van der Waals surface area (Å²) in [6.45, 7) is 18.2. The maximum absolute atomic E-state index is 12.3. The average molecular weight is 616 g/mol. The number of nitrogens with one attached hydrogen (secondary N) is 1. The van der Waals surface area contributed by atoms with Gasteiger partial charge in [0, 0.05) is 30.1 Å². The Labute approximate surface area is 265 Å². The number of hydrogen-bond acceptors (Lipinski definition) is 6. The fourth-order valence-corrected chi connectivity index (χ4v) is 5.07. The maximum Gasteiger partial charge on any atom is 0.307 e. The number of nitrogens with zero attached hydrogens (tertiary/aromatic N) is 2. The standard InChI is InChI=1S/C27H36ClN3O4.C8H18/c1-6-19-9-12-23(28)16-22(15-19)24(18-32)30-27(2,3)31(4)17-20-7-10-21(11-8-20)26(34)29-14-13-25(33)35-5;1-7(2)6-8(3,4)5/h7-10,15-16,18,21H,6,11-14,17H2,1-5H3,(H,29,34);7H,6H2,1-5H3/b30-24+;. The van der Waals surface area contributed by atoms with Crippen molar-refractivity contribution in [1.82, 2.24) is 10.2 Å². The van der Waals surface area contributed by atoms with Crippen LogP contribution in [0.25, 0.3) is 0 Å². The number of methoxy groups -OCH3 is 1. The molecule has 0 heterocycles. The van der Waals surface area contributed by atoms with Gasteiger partial charge >= 0.3 is 5.97 Å². The van der Waals surface area contributed by atoms with Crippen molar-refractivity contribution in [2.24, 2.45) is 22.2 Å². The summed E-state index contributed by atoms with van der Waals surface area (Å²) in [4.78, 5) is 42.3. The lowest BCUT2D eigenvalue weighted by Crippen LogP contribution is -2.41. The molecule has 0 aromatic rings. The molecule has 43 heavy (non-hydrogen) atoms. The van der Waals surface area contributed by atoms with Crippen LogP contribution in [0.2, 0.25) is 0 Å². The molecule has 1 unspecified atom stereocenters. The number of amides is 1. The molecule has 1 amide bonds. The largest absolute Gasteiger partial charge is 0.469 e. The zero-order valence-electron chi connectivity index (χ0n) is 28.1. The molecule has 8 heteroatoms. The third-order valence-corrected chi connectivity index (χ3v) is 7.43. The quantitative estimate of drug-likeness (QED) is 0.141. The second-order valence-electron chi connectivity index (χ2n) is 13.2. The molecule has 0 spiro atoms. The molecule has 0 fully saturated rings. The fraction of sp³-hybridized carbons (Fsp3) is 0.600. The van der Waals surface area contributed by atoms with Gasteiger partial charge in [0.15, 0.2) is 6.29 Å². The SMILES string of the molecule is CC(C)CC(C)(C)C.CCC1=CCC(Cl)=CC(/C(C=O)=N/C(C)(C)N(C)CC2=CCC(C(=O)NCCC(=O)OC)C=C2)=C1. The molecule has 0 bridgehead atoms. The summed E-state index contributed by atoms with van der Waals surface area (Å²) in [6, 6.07) is 0. The molecule has 2 aliphatic rings. The van der Waals surface area contributed by atoms with Crippen molar-refractivity contribution in [2.45, 2.75) is 93.2 Å². The van der Waals surface area contributed by atoms with E-state index >= 15 is 0 Å². The third-order valence-electron chi connectivity index (χ3n) is 7.17.